The summed E-state index contributed by atoms with van der Waals surface area (Å²) in [7, 11) is 0. The third-order valence-corrected chi connectivity index (χ3v) is 4.04. The van der Waals surface area contributed by atoms with Crippen LogP contribution in [-0.2, 0) is 13.1 Å². The van der Waals surface area contributed by atoms with E-state index < -0.39 is 0 Å². The Hall–Kier alpha value is -2.13. The summed E-state index contributed by atoms with van der Waals surface area (Å²) in [6.07, 6.45) is 0. The highest BCUT2D eigenvalue weighted by Gasteiger charge is 2.22. The lowest BCUT2D eigenvalue weighted by molar-refractivity contribution is 0.840. The van der Waals surface area contributed by atoms with Crippen LogP contribution in [0.25, 0.3) is 10.8 Å². The molecule has 0 bridgehead atoms. The number of anilines is 1. The summed E-state index contributed by atoms with van der Waals surface area (Å²) in [5.41, 5.74) is 2.71. The molecule has 1 aliphatic rings. The molecule has 98 valence electrons. The molecule has 0 saturated heterocycles. The number of nitrogens with zero attached hydrogens (tertiary/aromatic N) is 3. The second-order valence-corrected chi connectivity index (χ2v) is 5.34. The van der Waals surface area contributed by atoms with Gasteiger partial charge in [0.2, 0.25) is 0 Å². The Morgan fingerprint density at radius 2 is 1.40 bits per heavy atom. The summed E-state index contributed by atoms with van der Waals surface area (Å²) in [5.74, 6) is 0.904. The van der Waals surface area contributed by atoms with E-state index in [4.69, 9.17) is 11.6 Å². The summed E-state index contributed by atoms with van der Waals surface area (Å²) in [4.78, 5) is 2.25. The van der Waals surface area contributed by atoms with Crippen molar-refractivity contribution >= 4 is 28.2 Å². The van der Waals surface area contributed by atoms with Gasteiger partial charge in [-0.1, -0.05) is 60.1 Å². The first-order chi connectivity index (χ1) is 9.83. The SMILES string of the molecule is Clc1nnc(N2Cc3ccccc3C2)c2ccccc12. The van der Waals surface area contributed by atoms with Gasteiger partial charge in [-0.25, -0.2) is 0 Å². The van der Waals surface area contributed by atoms with Crippen LogP contribution in [0.4, 0.5) is 5.82 Å². The first kappa shape index (κ1) is 11.7. The van der Waals surface area contributed by atoms with E-state index in [-0.39, 0.29) is 0 Å². The monoisotopic (exact) mass is 281 g/mol. The Labute approximate surface area is 121 Å². The minimum atomic E-state index is 0.459. The van der Waals surface area contributed by atoms with E-state index in [1.165, 1.54) is 11.1 Å². The zero-order chi connectivity index (χ0) is 13.5. The molecule has 2 heterocycles. The summed E-state index contributed by atoms with van der Waals surface area (Å²) in [5, 5.41) is 10.9. The lowest BCUT2D eigenvalue weighted by Gasteiger charge is -2.18. The van der Waals surface area contributed by atoms with Crippen LogP contribution in [0, 0.1) is 0 Å². The van der Waals surface area contributed by atoms with Crippen LogP contribution in [-0.4, -0.2) is 10.2 Å². The highest BCUT2D eigenvalue weighted by molar-refractivity contribution is 6.34. The smallest absolute Gasteiger partial charge is 0.159 e. The Balaban J connectivity index is 1.83. The fourth-order valence-electron chi connectivity index (χ4n) is 2.77. The van der Waals surface area contributed by atoms with Gasteiger partial charge in [0.25, 0.3) is 0 Å². The lowest BCUT2D eigenvalue weighted by atomic mass is 10.1. The van der Waals surface area contributed by atoms with E-state index in [0.29, 0.717) is 5.15 Å². The molecule has 20 heavy (non-hydrogen) atoms. The van der Waals surface area contributed by atoms with Gasteiger partial charge in [-0.3, -0.25) is 0 Å². The van der Waals surface area contributed by atoms with Gasteiger partial charge < -0.3 is 4.90 Å². The molecule has 0 atom stereocenters. The van der Waals surface area contributed by atoms with Crippen LogP contribution >= 0.6 is 11.6 Å². The topological polar surface area (TPSA) is 29.0 Å². The van der Waals surface area contributed by atoms with Crippen LogP contribution in [0.3, 0.4) is 0 Å². The Morgan fingerprint density at radius 3 is 2.10 bits per heavy atom. The number of rotatable bonds is 1. The molecular weight excluding hydrogens is 270 g/mol. The molecule has 0 radical (unpaired) electrons. The molecule has 2 aromatic carbocycles. The van der Waals surface area contributed by atoms with Crippen molar-refractivity contribution < 1.29 is 0 Å². The van der Waals surface area contributed by atoms with Crippen molar-refractivity contribution in [2.75, 3.05) is 4.90 Å². The van der Waals surface area contributed by atoms with Crippen molar-refractivity contribution in [3.05, 3.63) is 64.8 Å². The Kier molecular flexibility index (Phi) is 2.60. The molecule has 3 nitrogen and oxygen atoms in total. The zero-order valence-electron chi connectivity index (χ0n) is 10.8. The first-order valence-electron chi connectivity index (χ1n) is 6.55. The van der Waals surface area contributed by atoms with Gasteiger partial charge in [0.15, 0.2) is 11.0 Å². The van der Waals surface area contributed by atoms with Gasteiger partial charge in [0.05, 0.1) is 0 Å². The maximum atomic E-state index is 6.13. The first-order valence-corrected chi connectivity index (χ1v) is 6.93. The fraction of sp³-hybridized carbons (Fsp3) is 0.125. The van der Waals surface area contributed by atoms with Crippen molar-refractivity contribution in [3.8, 4) is 0 Å². The van der Waals surface area contributed by atoms with E-state index in [1.54, 1.807) is 0 Å². The second-order valence-electron chi connectivity index (χ2n) is 4.98. The maximum absolute atomic E-state index is 6.13. The van der Waals surface area contributed by atoms with E-state index in [2.05, 4.69) is 39.4 Å². The number of benzene rings is 2. The summed E-state index contributed by atoms with van der Waals surface area (Å²) < 4.78 is 0. The number of hydrogen-bond acceptors (Lipinski definition) is 3. The molecule has 4 heteroatoms. The predicted molar refractivity (Wildman–Crippen MR) is 80.9 cm³/mol. The standard InChI is InChI=1S/C16H12ClN3/c17-15-13-7-3-4-8-14(13)16(19-18-15)20-9-11-5-1-2-6-12(11)10-20/h1-8H,9-10H2. The van der Waals surface area contributed by atoms with Crippen molar-refractivity contribution in [1.29, 1.82) is 0 Å². The quantitative estimate of drug-likeness (QED) is 0.679. The van der Waals surface area contributed by atoms with Gasteiger partial charge in [0, 0.05) is 23.9 Å². The summed E-state index contributed by atoms with van der Waals surface area (Å²) >= 11 is 6.13. The minimum absolute atomic E-state index is 0.459. The predicted octanol–water partition coefficient (Wildman–Crippen LogP) is 3.80. The molecule has 0 aliphatic carbocycles. The average Bonchev–Trinajstić information content (AvgIpc) is 2.91. The van der Waals surface area contributed by atoms with Crippen LogP contribution < -0.4 is 4.90 Å². The van der Waals surface area contributed by atoms with E-state index in [1.807, 2.05) is 24.3 Å². The molecule has 3 aromatic rings. The second kappa shape index (κ2) is 4.46. The molecule has 0 amide bonds. The highest BCUT2D eigenvalue weighted by atomic mass is 35.5. The third kappa shape index (κ3) is 1.74. The van der Waals surface area contributed by atoms with Crippen molar-refractivity contribution in [2.24, 2.45) is 0 Å². The van der Waals surface area contributed by atoms with Gasteiger partial charge >= 0.3 is 0 Å². The van der Waals surface area contributed by atoms with Crippen LogP contribution in [0.15, 0.2) is 48.5 Å². The maximum Gasteiger partial charge on any atom is 0.159 e. The normalized spacial score (nSPS) is 13.8. The van der Waals surface area contributed by atoms with Crippen LogP contribution in [0.5, 0.6) is 0 Å². The lowest BCUT2D eigenvalue weighted by Crippen LogP contribution is -2.17. The molecule has 1 aromatic heterocycles. The molecule has 0 spiro atoms. The minimum Gasteiger partial charge on any atom is -0.346 e. The molecular formula is C16H12ClN3. The molecule has 0 unspecified atom stereocenters. The number of halogens is 1. The molecule has 1 aliphatic heterocycles. The Bertz CT molecular complexity index is 776. The van der Waals surface area contributed by atoms with Gasteiger partial charge in [-0.15, -0.1) is 10.2 Å². The molecule has 4 rings (SSSR count). The van der Waals surface area contributed by atoms with Gasteiger partial charge in [-0.05, 0) is 11.1 Å². The van der Waals surface area contributed by atoms with Crippen LogP contribution in [0.1, 0.15) is 11.1 Å². The zero-order valence-corrected chi connectivity index (χ0v) is 11.5. The van der Waals surface area contributed by atoms with E-state index in [9.17, 15) is 0 Å². The van der Waals surface area contributed by atoms with Gasteiger partial charge in [-0.2, -0.15) is 0 Å². The van der Waals surface area contributed by atoms with Crippen molar-refractivity contribution in [3.63, 3.8) is 0 Å². The fourth-order valence-corrected chi connectivity index (χ4v) is 2.98. The van der Waals surface area contributed by atoms with Gasteiger partial charge in [0.1, 0.15) is 0 Å². The summed E-state index contributed by atoms with van der Waals surface area (Å²) in [6, 6.07) is 16.5. The Morgan fingerprint density at radius 1 is 0.800 bits per heavy atom. The molecule has 0 N–H and O–H groups in total. The molecule has 0 saturated carbocycles. The highest BCUT2D eigenvalue weighted by Crippen LogP contribution is 2.33. The molecule has 0 fully saturated rings. The summed E-state index contributed by atoms with van der Waals surface area (Å²) in [6.45, 7) is 1.74. The van der Waals surface area contributed by atoms with E-state index in [0.717, 1.165) is 29.7 Å². The number of hydrogen-bond donors (Lipinski definition) is 0. The third-order valence-electron chi connectivity index (χ3n) is 3.76. The van der Waals surface area contributed by atoms with Crippen molar-refractivity contribution in [2.45, 2.75) is 13.1 Å². The average molecular weight is 282 g/mol. The largest absolute Gasteiger partial charge is 0.346 e. The van der Waals surface area contributed by atoms with Crippen LogP contribution in [0.2, 0.25) is 5.15 Å². The number of aromatic nitrogens is 2. The van der Waals surface area contributed by atoms with E-state index >= 15 is 0 Å². The van der Waals surface area contributed by atoms with Crippen molar-refractivity contribution in [1.82, 2.24) is 10.2 Å². The number of fused-ring (bicyclic) bond motifs is 2.